The van der Waals surface area contributed by atoms with E-state index in [4.69, 9.17) is 9.47 Å². The molecule has 0 aromatic heterocycles. The Kier molecular flexibility index (Phi) is 2.86. The molecule has 1 saturated heterocycles. The lowest BCUT2D eigenvalue weighted by atomic mass is 9.84. The fourth-order valence-electron chi connectivity index (χ4n) is 2.45. The van der Waals surface area contributed by atoms with Crippen molar-refractivity contribution < 1.29 is 14.6 Å². The molecular formula is C10H18O3. The molecule has 0 spiro atoms. The van der Waals surface area contributed by atoms with Crippen LogP contribution in [0.1, 0.15) is 32.6 Å². The Hall–Kier alpha value is -0.120. The average molecular weight is 186 g/mol. The molecule has 3 heteroatoms. The number of ether oxygens (including phenoxy) is 2. The zero-order valence-electron chi connectivity index (χ0n) is 8.11. The first-order valence-electron chi connectivity index (χ1n) is 5.26. The molecule has 1 saturated carbocycles. The Morgan fingerprint density at radius 1 is 1.46 bits per heavy atom. The summed E-state index contributed by atoms with van der Waals surface area (Å²) in [5, 5.41) is 9.73. The molecule has 2 aliphatic rings. The first-order valence-corrected chi connectivity index (χ1v) is 5.26. The molecule has 1 N–H and O–H groups in total. The second-order valence-electron chi connectivity index (χ2n) is 3.96. The highest BCUT2D eigenvalue weighted by Crippen LogP contribution is 2.37. The van der Waals surface area contributed by atoms with E-state index in [1.807, 2.05) is 6.92 Å². The molecule has 0 radical (unpaired) electrons. The summed E-state index contributed by atoms with van der Waals surface area (Å²) < 4.78 is 11.1. The number of aliphatic hydroxyl groups excluding tert-OH is 1. The Balaban J connectivity index is 1.92. The third kappa shape index (κ3) is 1.87. The van der Waals surface area contributed by atoms with Crippen molar-refractivity contribution in [3.63, 3.8) is 0 Å². The Morgan fingerprint density at radius 2 is 2.31 bits per heavy atom. The fraction of sp³-hybridized carbons (Fsp3) is 1.00. The maximum absolute atomic E-state index is 9.73. The van der Waals surface area contributed by atoms with Crippen LogP contribution < -0.4 is 0 Å². The zero-order valence-corrected chi connectivity index (χ0v) is 8.11. The van der Waals surface area contributed by atoms with Crippen molar-refractivity contribution in [1.82, 2.24) is 0 Å². The summed E-state index contributed by atoms with van der Waals surface area (Å²) in [6, 6.07) is 0. The molecule has 1 aliphatic heterocycles. The topological polar surface area (TPSA) is 38.7 Å². The monoisotopic (exact) mass is 186 g/mol. The van der Waals surface area contributed by atoms with Gasteiger partial charge in [0.2, 0.25) is 0 Å². The molecule has 2 fully saturated rings. The predicted octanol–water partition coefficient (Wildman–Crippen LogP) is 1.30. The van der Waals surface area contributed by atoms with E-state index >= 15 is 0 Å². The molecule has 0 amide bonds. The van der Waals surface area contributed by atoms with Gasteiger partial charge in [0.05, 0.1) is 12.2 Å². The highest BCUT2D eigenvalue weighted by molar-refractivity contribution is 4.87. The van der Waals surface area contributed by atoms with Crippen LogP contribution in [0.15, 0.2) is 0 Å². The molecule has 1 aliphatic carbocycles. The number of fused-ring (bicyclic) bond motifs is 1. The smallest absolute Gasteiger partial charge is 0.158 e. The minimum Gasteiger partial charge on any atom is -0.393 e. The largest absolute Gasteiger partial charge is 0.393 e. The SMILES string of the molecule is CCOC1C[C@H]2[C@H](CCC[C@@H]2O)O1. The van der Waals surface area contributed by atoms with Crippen LogP contribution in [0.2, 0.25) is 0 Å². The quantitative estimate of drug-likeness (QED) is 0.706. The molecule has 3 nitrogen and oxygen atoms in total. The van der Waals surface area contributed by atoms with Crippen molar-refractivity contribution in [2.45, 2.75) is 51.1 Å². The minimum atomic E-state index is -0.163. The van der Waals surface area contributed by atoms with Crippen LogP contribution >= 0.6 is 0 Å². The molecule has 2 rings (SSSR count). The maximum Gasteiger partial charge on any atom is 0.158 e. The minimum absolute atomic E-state index is 0.0623. The van der Waals surface area contributed by atoms with Gasteiger partial charge in [0.15, 0.2) is 6.29 Å². The number of rotatable bonds is 2. The maximum atomic E-state index is 9.73. The van der Waals surface area contributed by atoms with Crippen LogP contribution in [0.3, 0.4) is 0 Å². The second kappa shape index (κ2) is 3.95. The van der Waals surface area contributed by atoms with Crippen molar-refractivity contribution in [2.24, 2.45) is 5.92 Å². The van der Waals surface area contributed by atoms with Crippen LogP contribution in [0.25, 0.3) is 0 Å². The van der Waals surface area contributed by atoms with Gasteiger partial charge in [-0.15, -0.1) is 0 Å². The molecule has 13 heavy (non-hydrogen) atoms. The summed E-state index contributed by atoms with van der Waals surface area (Å²) in [6.45, 7) is 2.67. The lowest BCUT2D eigenvalue weighted by molar-refractivity contribution is -0.136. The van der Waals surface area contributed by atoms with E-state index in [1.165, 1.54) is 0 Å². The summed E-state index contributed by atoms with van der Waals surface area (Å²) in [7, 11) is 0. The lowest BCUT2D eigenvalue weighted by Gasteiger charge is -2.28. The zero-order chi connectivity index (χ0) is 9.26. The van der Waals surface area contributed by atoms with E-state index < -0.39 is 0 Å². The molecule has 1 unspecified atom stereocenters. The van der Waals surface area contributed by atoms with Gasteiger partial charge in [-0.1, -0.05) is 0 Å². The van der Waals surface area contributed by atoms with Crippen molar-refractivity contribution >= 4 is 0 Å². The predicted molar refractivity (Wildman–Crippen MR) is 48.3 cm³/mol. The Morgan fingerprint density at radius 3 is 3.00 bits per heavy atom. The summed E-state index contributed by atoms with van der Waals surface area (Å²) in [4.78, 5) is 0. The highest BCUT2D eigenvalue weighted by atomic mass is 16.7. The highest BCUT2D eigenvalue weighted by Gasteiger charge is 2.41. The van der Waals surface area contributed by atoms with E-state index in [2.05, 4.69) is 0 Å². The van der Waals surface area contributed by atoms with E-state index in [0.717, 1.165) is 25.7 Å². The summed E-state index contributed by atoms with van der Waals surface area (Å²) in [5.41, 5.74) is 0. The van der Waals surface area contributed by atoms with E-state index in [0.29, 0.717) is 12.5 Å². The van der Waals surface area contributed by atoms with E-state index in [-0.39, 0.29) is 18.5 Å². The van der Waals surface area contributed by atoms with E-state index in [1.54, 1.807) is 0 Å². The third-order valence-electron chi connectivity index (χ3n) is 3.10. The van der Waals surface area contributed by atoms with Gasteiger partial charge in [-0.25, -0.2) is 0 Å². The van der Waals surface area contributed by atoms with E-state index in [9.17, 15) is 5.11 Å². The van der Waals surface area contributed by atoms with Gasteiger partial charge in [0, 0.05) is 18.9 Å². The van der Waals surface area contributed by atoms with Gasteiger partial charge in [-0.3, -0.25) is 0 Å². The summed E-state index contributed by atoms with van der Waals surface area (Å²) in [6.07, 6.45) is 4.01. The summed E-state index contributed by atoms with van der Waals surface area (Å²) >= 11 is 0. The van der Waals surface area contributed by atoms with Crippen molar-refractivity contribution in [3.8, 4) is 0 Å². The van der Waals surface area contributed by atoms with Gasteiger partial charge >= 0.3 is 0 Å². The first kappa shape index (κ1) is 9.44. The van der Waals surface area contributed by atoms with Crippen LogP contribution in [-0.2, 0) is 9.47 Å². The molecular weight excluding hydrogens is 168 g/mol. The van der Waals surface area contributed by atoms with Gasteiger partial charge in [-0.05, 0) is 26.2 Å². The summed E-state index contributed by atoms with van der Waals surface area (Å²) in [5.74, 6) is 0.324. The van der Waals surface area contributed by atoms with Gasteiger partial charge in [-0.2, -0.15) is 0 Å². The average Bonchev–Trinajstić information content (AvgIpc) is 2.49. The first-order chi connectivity index (χ1) is 6.31. The Bertz CT molecular complexity index is 172. The normalized spacial score (nSPS) is 44.8. The molecule has 0 aromatic carbocycles. The molecule has 76 valence electrons. The third-order valence-corrected chi connectivity index (χ3v) is 3.10. The number of aliphatic hydroxyl groups is 1. The van der Waals surface area contributed by atoms with Crippen molar-refractivity contribution in [1.29, 1.82) is 0 Å². The standard InChI is InChI=1S/C10H18O3/c1-2-12-10-6-7-8(11)4-3-5-9(7)13-10/h7-11H,2-6H2,1H3/t7-,8+,9+,10?/m1/s1. The van der Waals surface area contributed by atoms with Crippen LogP contribution in [0, 0.1) is 5.92 Å². The Labute approximate surface area is 79.0 Å². The van der Waals surface area contributed by atoms with Crippen molar-refractivity contribution in [2.75, 3.05) is 6.61 Å². The number of hydrogen-bond donors (Lipinski definition) is 1. The van der Waals surface area contributed by atoms with Gasteiger partial charge in [0.25, 0.3) is 0 Å². The van der Waals surface area contributed by atoms with Crippen LogP contribution in [-0.4, -0.2) is 30.2 Å². The fourth-order valence-corrected chi connectivity index (χ4v) is 2.45. The van der Waals surface area contributed by atoms with Gasteiger partial charge in [0.1, 0.15) is 0 Å². The van der Waals surface area contributed by atoms with Crippen LogP contribution in [0.4, 0.5) is 0 Å². The number of hydrogen-bond acceptors (Lipinski definition) is 3. The van der Waals surface area contributed by atoms with Gasteiger partial charge < -0.3 is 14.6 Å². The molecule has 1 heterocycles. The molecule has 4 atom stereocenters. The van der Waals surface area contributed by atoms with Crippen molar-refractivity contribution in [3.05, 3.63) is 0 Å². The molecule has 0 aromatic rings. The van der Waals surface area contributed by atoms with Crippen LogP contribution in [0.5, 0.6) is 0 Å². The molecule has 0 bridgehead atoms. The second-order valence-corrected chi connectivity index (χ2v) is 3.96. The lowest BCUT2D eigenvalue weighted by Crippen LogP contribution is -2.32.